The van der Waals surface area contributed by atoms with Crippen LogP contribution in [-0.4, -0.2) is 41.1 Å². The van der Waals surface area contributed by atoms with Gasteiger partial charge in [-0.05, 0) is 38.2 Å². The smallest absolute Gasteiger partial charge is 0.311 e. The molecule has 4 N–H and O–H groups in total. The number of aliphatic carboxylic acids is 1. The summed E-state index contributed by atoms with van der Waals surface area (Å²) >= 11 is 1.64. The highest BCUT2D eigenvalue weighted by Gasteiger charge is 2.44. The fourth-order valence-electron chi connectivity index (χ4n) is 2.48. The van der Waals surface area contributed by atoms with Gasteiger partial charge >= 0.3 is 5.97 Å². The first-order valence-electron chi connectivity index (χ1n) is 6.70. The summed E-state index contributed by atoms with van der Waals surface area (Å²) in [5.41, 5.74) is 4.94. The second kappa shape index (κ2) is 7.14. The van der Waals surface area contributed by atoms with Gasteiger partial charge in [-0.2, -0.15) is 11.8 Å². The van der Waals surface area contributed by atoms with Crippen LogP contribution in [0.3, 0.4) is 0 Å². The number of rotatable bonds is 6. The van der Waals surface area contributed by atoms with Gasteiger partial charge in [0.15, 0.2) is 0 Å². The second-order valence-electron chi connectivity index (χ2n) is 5.42. The average Bonchev–Trinajstić information content (AvgIpc) is 2.38. The van der Waals surface area contributed by atoms with Crippen LogP contribution >= 0.6 is 11.8 Å². The number of hydrogen-bond acceptors (Lipinski definition) is 4. The number of amides is 1. The zero-order valence-corrected chi connectivity index (χ0v) is 12.5. The van der Waals surface area contributed by atoms with Crippen LogP contribution in [0.25, 0.3) is 0 Å². The Bertz CT molecular complexity index is 338. The summed E-state index contributed by atoms with van der Waals surface area (Å²) in [6.45, 7) is 1.72. The largest absolute Gasteiger partial charge is 0.481 e. The van der Waals surface area contributed by atoms with Gasteiger partial charge in [-0.3, -0.25) is 9.59 Å². The first kappa shape index (κ1) is 16.3. The van der Waals surface area contributed by atoms with Crippen LogP contribution < -0.4 is 11.1 Å². The van der Waals surface area contributed by atoms with Crippen molar-refractivity contribution in [2.75, 3.05) is 12.0 Å². The molecule has 0 aromatic carbocycles. The summed E-state index contributed by atoms with van der Waals surface area (Å²) in [4.78, 5) is 23.4. The van der Waals surface area contributed by atoms with E-state index in [-0.39, 0.29) is 11.9 Å². The molecular weight excluding hydrogens is 264 g/mol. The van der Waals surface area contributed by atoms with Crippen molar-refractivity contribution in [2.45, 2.75) is 51.1 Å². The van der Waals surface area contributed by atoms with Gasteiger partial charge in [0.05, 0.1) is 11.5 Å². The first-order valence-corrected chi connectivity index (χ1v) is 8.09. The number of carboxylic acid groups (broad SMARTS) is 1. The molecule has 1 rings (SSSR count). The van der Waals surface area contributed by atoms with Crippen molar-refractivity contribution >= 4 is 23.6 Å². The lowest BCUT2D eigenvalue weighted by Gasteiger charge is -2.38. The number of hydrogen-bond donors (Lipinski definition) is 3. The molecule has 0 saturated heterocycles. The van der Waals surface area contributed by atoms with E-state index < -0.39 is 17.4 Å². The van der Waals surface area contributed by atoms with E-state index in [0.29, 0.717) is 19.3 Å². The Labute approximate surface area is 118 Å². The van der Waals surface area contributed by atoms with E-state index in [1.54, 1.807) is 18.7 Å². The Balaban J connectivity index is 2.62. The summed E-state index contributed by atoms with van der Waals surface area (Å²) in [5.74, 6) is -0.237. The van der Waals surface area contributed by atoms with E-state index in [4.69, 9.17) is 5.73 Å². The minimum Gasteiger partial charge on any atom is -0.481 e. The van der Waals surface area contributed by atoms with Crippen molar-refractivity contribution < 1.29 is 14.7 Å². The van der Waals surface area contributed by atoms with Crippen molar-refractivity contribution in [3.05, 3.63) is 0 Å². The molecule has 110 valence electrons. The maximum atomic E-state index is 12.0. The molecule has 0 spiro atoms. The zero-order valence-electron chi connectivity index (χ0n) is 11.6. The summed E-state index contributed by atoms with van der Waals surface area (Å²) < 4.78 is 0. The average molecular weight is 288 g/mol. The number of carbonyl (C=O) groups is 2. The summed E-state index contributed by atoms with van der Waals surface area (Å²) in [6, 6.07) is -0.862. The van der Waals surface area contributed by atoms with E-state index in [2.05, 4.69) is 5.32 Å². The van der Waals surface area contributed by atoms with Crippen LogP contribution in [-0.2, 0) is 9.59 Å². The minimum absolute atomic E-state index is 0.228. The quantitative estimate of drug-likeness (QED) is 0.683. The first-order chi connectivity index (χ1) is 8.91. The van der Waals surface area contributed by atoms with E-state index >= 15 is 0 Å². The molecule has 0 aliphatic heterocycles. The predicted octanol–water partition coefficient (Wildman–Crippen LogP) is 1.22. The van der Waals surface area contributed by atoms with Gasteiger partial charge in [0.2, 0.25) is 5.91 Å². The van der Waals surface area contributed by atoms with Gasteiger partial charge in [-0.25, -0.2) is 0 Å². The Morgan fingerprint density at radius 3 is 2.79 bits per heavy atom. The maximum absolute atomic E-state index is 12.0. The number of carboxylic acids is 1. The van der Waals surface area contributed by atoms with Crippen molar-refractivity contribution in [2.24, 2.45) is 11.1 Å². The molecule has 1 aliphatic rings. The molecular formula is C13H24N2O3S. The van der Waals surface area contributed by atoms with Gasteiger partial charge < -0.3 is 16.2 Å². The zero-order chi connectivity index (χ0) is 14.5. The van der Waals surface area contributed by atoms with Crippen molar-refractivity contribution in [3.8, 4) is 0 Å². The van der Waals surface area contributed by atoms with Crippen molar-refractivity contribution in [1.29, 1.82) is 0 Å². The lowest BCUT2D eigenvalue weighted by Crippen LogP contribution is -2.55. The third kappa shape index (κ3) is 4.11. The molecule has 0 heterocycles. The van der Waals surface area contributed by atoms with Crippen LogP contribution in [0, 0.1) is 5.41 Å². The summed E-state index contributed by atoms with van der Waals surface area (Å²) in [7, 11) is 0. The fourth-order valence-corrected chi connectivity index (χ4v) is 2.97. The fraction of sp³-hybridized carbons (Fsp3) is 0.846. The van der Waals surface area contributed by atoms with E-state index in [1.165, 1.54) is 0 Å². The molecule has 3 atom stereocenters. The molecule has 5 nitrogen and oxygen atoms in total. The van der Waals surface area contributed by atoms with Crippen LogP contribution in [0.4, 0.5) is 0 Å². The molecule has 6 heteroatoms. The normalized spacial score (nSPS) is 28.7. The van der Waals surface area contributed by atoms with Gasteiger partial charge in [-0.1, -0.05) is 12.8 Å². The molecule has 0 aromatic heterocycles. The van der Waals surface area contributed by atoms with Crippen LogP contribution in [0.2, 0.25) is 0 Å². The molecule has 19 heavy (non-hydrogen) atoms. The maximum Gasteiger partial charge on any atom is 0.311 e. The Morgan fingerprint density at radius 1 is 1.53 bits per heavy atom. The van der Waals surface area contributed by atoms with E-state index in [1.807, 2.05) is 6.26 Å². The van der Waals surface area contributed by atoms with E-state index in [9.17, 15) is 14.7 Å². The highest BCUT2D eigenvalue weighted by atomic mass is 32.2. The Hall–Kier alpha value is -0.750. The lowest BCUT2D eigenvalue weighted by atomic mass is 9.71. The molecule has 1 amide bonds. The topological polar surface area (TPSA) is 92.4 Å². The molecule has 1 fully saturated rings. The minimum atomic E-state index is -0.868. The predicted molar refractivity (Wildman–Crippen MR) is 77.1 cm³/mol. The van der Waals surface area contributed by atoms with Crippen LogP contribution in [0.1, 0.15) is 39.0 Å². The Morgan fingerprint density at radius 2 is 2.21 bits per heavy atom. The molecule has 2 unspecified atom stereocenters. The van der Waals surface area contributed by atoms with Crippen molar-refractivity contribution in [1.82, 2.24) is 5.32 Å². The van der Waals surface area contributed by atoms with E-state index in [0.717, 1.165) is 18.6 Å². The number of nitrogens with two attached hydrogens (primary N) is 1. The highest BCUT2D eigenvalue weighted by Crippen LogP contribution is 2.36. The Kier molecular flexibility index (Phi) is 6.13. The lowest BCUT2D eigenvalue weighted by molar-refractivity contribution is -0.152. The third-order valence-electron chi connectivity index (χ3n) is 3.98. The van der Waals surface area contributed by atoms with Gasteiger partial charge in [0.1, 0.15) is 0 Å². The highest BCUT2D eigenvalue weighted by molar-refractivity contribution is 7.98. The van der Waals surface area contributed by atoms with Crippen LogP contribution in [0.5, 0.6) is 0 Å². The molecule has 1 aliphatic carbocycles. The van der Waals surface area contributed by atoms with Crippen molar-refractivity contribution in [3.63, 3.8) is 0 Å². The van der Waals surface area contributed by atoms with Gasteiger partial charge in [0, 0.05) is 6.04 Å². The monoisotopic (exact) mass is 288 g/mol. The molecule has 0 aromatic rings. The number of thioether (sulfide) groups is 1. The SMILES string of the molecule is CSCC[C@H](N)C(=O)NC1CCCCC1(C)C(=O)O. The summed E-state index contributed by atoms with van der Waals surface area (Å²) in [6.07, 6.45) is 5.75. The summed E-state index contributed by atoms with van der Waals surface area (Å²) in [5, 5.41) is 12.2. The molecule has 1 saturated carbocycles. The molecule has 0 bridgehead atoms. The second-order valence-corrected chi connectivity index (χ2v) is 6.40. The van der Waals surface area contributed by atoms with Gasteiger partial charge in [-0.15, -0.1) is 0 Å². The van der Waals surface area contributed by atoms with Gasteiger partial charge in [0.25, 0.3) is 0 Å². The number of nitrogens with one attached hydrogen (secondary N) is 1. The molecule has 0 radical (unpaired) electrons. The number of carbonyl (C=O) groups excluding carboxylic acids is 1. The standard InChI is InChI=1S/C13H24N2O3S/c1-13(12(17)18)7-4-3-5-10(13)15-11(16)9(14)6-8-19-2/h9-10H,3-8,14H2,1-2H3,(H,15,16)(H,17,18)/t9-,10?,13?/m0/s1. The van der Waals surface area contributed by atoms with Crippen LogP contribution in [0.15, 0.2) is 0 Å². The third-order valence-corrected chi connectivity index (χ3v) is 4.63.